The molecular weight excluding hydrogens is 368 g/mol. The van der Waals surface area contributed by atoms with E-state index in [1.54, 1.807) is 0 Å². The third-order valence-electron chi connectivity index (χ3n) is 4.66. The molecule has 0 saturated heterocycles. The minimum Gasteiger partial charge on any atom is -0.469 e. The number of methoxy groups -OCH3 is 1. The monoisotopic (exact) mass is 396 g/mol. The van der Waals surface area contributed by atoms with Gasteiger partial charge in [-0.05, 0) is 25.0 Å². The van der Waals surface area contributed by atoms with Crippen molar-refractivity contribution < 1.29 is 19.1 Å². The summed E-state index contributed by atoms with van der Waals surface area (Å²) in [5.41, 5.74) is 3.85. The topological polar surface area (TPSA) is 84.5 Å². The number of aryl methyl sites for hydroxylation is 2. The SMILES string of the molecule is COC(=O)CC(NC(=O)CC(NC(C)=O)c1ccc(C)cc1)c1ccc(C)cc1. The summed E-state index contributed by atoms with van der Waals surface area (Å²) in [5.74, 6) is -0.889. The third kappa shape index (κ3) is 7.07. The Morgan fingerprint density at radius 2 is 1.24 bits per heavy atom. The number of carbonyl (C=O) groups excluding carboxylic acids is 3. The molecule has 0 aromatic heterocycles. The van der Waals surface area contributed by atoms with Crippen LogP contribution in [0.1, 0.15) is 54.1 Å². The minimum atomic E-state index is -0.508. The quantitative estimate of drug-likeness (QED) is 0.671. The van der Waals surface area contributed by atoms with E-state index in [0.717, 1.165) is 22.3 Å². The van der Waals surface area contributed by atoms with Crippen LogP contribution >= 0.6 is 0 Å². The lowest BCUT2D eigenvalue weighted by Crippen LogP contribution is -2.35. The molecule has 2 rings (SSSR count). The molecule has 29 heavy (non-hydrogen) atoms. The van der Waals surface area contributed by atoms with Gasteiger partial charge in [-0.25, -0.2) is 0 Å². The van der Waals surface area contributed by atoms with Gasteiger partial charge in [0.15, 0.2) is 0 Å². The molecule has 0 spiro atoms. The average Bonchev–Trinajstić information content (AvgIpc) is 2.67. The molecule has 6 nitrogen and oxygen atoms in total. The van der Waals surface area contributed by atoms with Gasteiger partial charge < -0.3 is 15.4 Å². The second-order valence-corrected chi connectivity index (χ2v) is 7.18. The van der Waals surface area contributed by atoms with Crippen LogP contribution in [0.25, 0.3) is 0 Å². The molecule has 0 aliphatic rings. The highest BCUT2D eigenvalue weighted by molar-refractivity contribution is 5.80. The molecule has 0 saturated carbocycles. The molecule has 2 N–H and O–H groups in total. The van der Waals surface area contributed by atoms with Gasteiger partial charge in [0.1, 0.15) is 0 Å². The van der Waals surface area contributed by atoms with Crippen LogP contribution in [-0.2, 0) is 19.1 Å². The molecule has 0 aliphatic heterocycles. The van der Waals surface area contributed by atoms with Crippen LogP contribution in [0.4, 0.5) is 0 Å². The van der Waals surface area contributed by atoms with Crippen molar-refractivity contribution in [2.45, 2.75) is 45.7 Å². The van der Waals surface area contributed by atoms with E-state index in [9.17, 15) is 14.4 Å². The molecule has 2 aromatic carbocycles. The van der Waals surface area contributed by atoms with Gasteiger partial charge in [0.2, 0.25) is 11.8 Å². The number of amides is 2. The number of hydrogen-bond donors (Lipinski definition) is 2. The zero-order chi connectivity index (χ0) is 21.4. The largest absolute Gasteiger partial charge is 0.469 e. The van der Waals surface area contributed by atoms with Crippen molar-refractivity contribution in [2.75, 3.05) is 7.11 Å². The van der Waals surface area contributed by atoms with Crippen molar-refractivity contribution in [1.82, 2.24) is 10.6 Å². The Labute approximate surface area is 171 Å². The first-order chi connectivity index (χ1) is 13.8. The summed E-state index contributed by atoms with van der Waals surface area (Å²) in [6.07, 6.45) is 0.0901. The van der Waals surface area contributed by atoms with Crippen molar-refractivity contribution in [3.8, 4) is 0 Å². The summed E-state index contributed by atoms with van der Waals surface area (Å²) in [4.78, 5) is 36.2. The lowest BCUT2D eigenvalue weighted by Gasteiger charge is -2.22. The van der Waals surface area contributed by atoms with Crippen molar-refractivity contribution in [2.24, 2.45) is 0 Å². The zero-order valence-corrected chi connectivity index (χ0v) is 17.3. The predicted molar refractivity (Wildman–Crippen MR) is 111 cm³/mol. The van der Waals surface area contributed by atoms with Crippen LogP contribution in [0.2, 0.25) is 0 Å². The van der Waals surface area contributed by atoms with E-state index in [1.807, 2.05) is 62.4 Å². The van der Waals surface area contributed by atoms with Gasteiger partial charge in [-0.1, -0.05) is 59.7 Å². The Balaban J connectivity index is 2.16. The van der Waals surface area contributed by atoms with Crippen molar-refractivity contribution >= 4 is 17.8 Å². The summed E-state index contributed by atoms with van der Waals surface area (Å²) in [5, 5.41) is 5.74. The van der Waals surface area contributed by atoms with Gasteiger partial charge in [-0.3, -0.25) is 14.4 Å². The number of ether oxygens (including phenoxy) is 1. The van der Waals surface area contributed by atoms with E-state index in [2.05, 4.69) is 10.6 Å². The van der Waals surface area contributed by atoms with E-state index in [-0.39, 0.29) is 24.7 Å². The van der Waals surface area contributed by atoms with Gasteiger partial charge in [-0.2, -0.15) is 0 Å². The molecule has 0 radical (unpaired) electrons. The zero-order valence-electron chi connectivity index (χ0n) is 17.3. The molecule has 2 amide bonds. The maximum atomic E-state index is 12.8. The molecule has 154 valence electrons. The van der Waals surface area contributed by atoms with Crippen LogP contribution in [0.5, 0.6) is 0 Å². The normalized spacial score (nSPS) is 12.6. The maximum absolute atomic E-state index is 12.8. The number of benzene rings is 2. The Hall–Kier alpha value is -3.15. The van der Waals surface area contributed by atoms with Crippen LogP contribution in [0.3, 0.4) is 0 Å². The molecule has 0 heterocycles. The Bertz CT molecular complexity index is 844. The van der Waals surface area contributed by atoms with Gasteiger partial charge in [0.05, 0.1) is 32.0 Å². The summed E-state index contributed by atoms with van der Waals surface area (Å²) in [7, 11) is 1.32. The maximum Gasteiger partial charge on any atom is 0.307 e. The second-order valence-electron chi connectivity index (χ2n) is 7.18. The third-order valence-corrected chi connectivity index (χ3v) is 4.66. The van der Waals surface area contributed by atoms with Crippen LogP contribution in [0, 0.1) is 13.8 Å². The number of carbonyl (C=O) groups is 3. The first-order valence-electron chi connectivity index (χ1n) is 9.55. The summed E-state index contributed by atoms with van der Waals surface area (Å²) in [6.45, 7) is 5.37. The highest BCUT2D eigenvalue weighted by atomic mass is 16.5. The predicted octanol–water partition coefficient (Wildman–Crippen LogP) is 3.29. The first kappa shape index (κ1) is 22.1. The lowest BCUT2D eigenvalue weighted by molar-refractivity contribution is -0.141. The number of rotatable bonds is 8. The van der Waals surface area contributed by atoms with Gasteiger partial charge in [0.25, 0.3) is 0 Å². The number of esters is 1. The number of nitrogens with one attached hydrogen (secondary N) is 2. The van der Waals surface area contributed by atoms with E-state index >= 15 is 0 Å². The second kappa shape index (κ2) is 10.4. The first-order valence-corrected chi connectivity index (χ1v) is 9.55. The fourth-order valence-corrected chi connectivity index (χ4v) is 3.04. The fraction of sp³-hybridized carbons (Fsp3) is 0.348. The van der Waals surface area contributed by atoms with E-state index in [4.69, 9.17) is 4.74 Å². The van der Waals surface area contributed by atoms with Crippen molar-refractivity contribution in [1.29, 1.82) is 0 Å². The molecule has 2 aromatic rings. The summed E-state index contributed by atoms with van der Waals surface area (Å²) < 4.78 is 4.77. The molecule has 0 aliphatic carbocycles. The smallest absolute Gasteiger partial charge is 0.307 e. The van der Waals surface area contributed by atoms with E-state index in [0.29, 0.717) is 0 Å². The Morgan fingerprint density at radius 3 is 1.66 bits per heavy atom. The molecule has 0 bridgehead atoms. The van der Waals surface area contributed by atoms with Crippen LogP contribution in [-0.4, -0.2) is 24.9 Å². The highest BCUT2D eigenvalue weighted by Crippen LogP contribution is 2.21. The average molecular weight is 396 g/mol. The molecule has 0 fully saturated rings. The van der Waals surface area contributed by atoms with E-state index < -0.39 is 18.1 Å². The van der Waals surface area contributed by atoms with Gasteiger partial charge in [0, 0.05) is 6.92 Å². The molecule has 2 unspecified atom stereocenters. The Morgan fingerprint density at radius 1 is 0.793 bits per heavy atom. The van der Waals surface area contributed by atoms with E-state index in [1.165, 1.54) is 14.0 Å². The fourth-order valence-electron chi connectivity index (χ4n) is 3.04. The lowest BCUT2D eigenvalue weighted by atomic mass is 9.99. The summed E-state index contributed by atoms with van der Waals surface area (Å²) in [6, 6.07) is 14.3. The molecule has 2 atom stereocenters. The Kier molecular flexibility index (Phi) is 7.95. The van der Waals surface area contributed by atoms with Crippen LogP contribution in [0.15, 0.2) is 48.5 Å². The van der Waals surface area contributed by atoms with Gasteiger partial charge >= 0.3 is 5.97 Å². The van der Waals surface area contributed by atoms with Crippen LogP contribution < -0.4 is 10.6 Å². The van der Waals surface area contributed by atoms with Crippen molar-refractivity contribution in [3.63, 3.8) is 0 Å². The molecule has 6 heteroatoms. The number of hydrogen-bond acceptors (Lipinski definition) is 4. The van der Waals surface area contributed by atoms with Crippen molar-refractivity contribution in [3.05, 3.63) is 70.8 Å². The minimum absolute atomic E-state index is 0.0284. The summed E-state index contributed by atoms with van der Waals surface area (Å²) >= 11 is 0. The molecular formula is C23H28N2O4. The highest BCUT2D eigenvalue weighted by Gasteiger charge is 2.22. The standard InChI is InChI=1S/C23H28N2O4/c1-15-5-9-18(10-6-15)20(24-17(3)26)13-22(27)25-21(14-23(28)29-4)19-11-7-16(2)8-12-19/h5-12,20-21H,13-14H2,1-4H3,(H,24,26)(H,25,27). The van der Waals surface area contributed by atoms with Gasteiger partial charge in [-0.15, -0.1) is 0 Å².